The van der Waals surface area contributed by atoms with Crippen LogP contribution in [0.4, 0.5) is 0 Å². The van der Waals surface area contributed by atoms with E-state index in [9.17, 15) is 0 Å². The summed E-state index contributed by atoms with van der Waals surface area (Å²) >= 11 is 0. The molecule has 0 atom stereocenters. The van der Waals surface area contributed by atoms with Crippen molar-refractivity contribution < 1.29 is 0 Å². The van der Waals surface area contributed by atoms with E-state index < -0.39 is 8.80 Å². The number of aryl methyl sites for hydroxylation is 1. The van der Waals surface area contributed by atoms with Crippen LogP contribution in [0, 0.1) is 6.92 Å². The Kier molecular flexibility index (Phi) is 6.00. The lowest BCUT2D eigenvalue weighted by Crippen LogP contribution is -2.44. The van der Waals surface area contributed by atoms with Crippen LogP contribution in [0.1, 0.15) is 23.1 Å². The minimum absolute atomic E-state index is 0.976. The van der Waals surface area contributed by atoms with E-state index in [0.29, 0.717) is 0 Å². The maximum absolute atomic E-state index is 2.52. The zero-order valence-electron chi connectivity index (χ0n) is 18.5. The van der Waals surface area contributed by atoms with Crippen molar-refractivity contribution in [3.63, 3.8) is 0 Å². The van der Waals surface area contributed by atoms with Gasteiger partial charge in [-0.25, -0.2) is 0 Å². The highest BCUT2D eigenvalue weighted by atomic mass is 28.3. The third kappa shape index (κ3) is 4.30. The summed E-state index contributed by atoms with van der Waals surface area (Å²) in [5.41, 5.74) is 7.07. The average molecular weight is 428 g/mol. The van der Waals surface area contributed by atoms with Gasteiger partial charge in [-0.05, 0) is 42.0 Å². The molecule has 4 aromatic rings. The molecule has 1 aliphatic carbocycles. The SMILES string of the molecule is Cc1cccc(C2=C(Cc3ccccc3)C([Si](c3ccccc3)c3ccccc3)=CC2)c1. The van der Waals surface area contributed by atoms with E-state index in [-0.39, 0.29) is 0 Å². The van der Waals surface area contributed by atoms with E-state index in [1.807, 2.05) is 0 Å². The van der Waals surface area contributed by atoms with Gasteiger partial charge in [-0.2, -0.15) is 0 Å². The molecule has 1 radical (unpaired) electrons. The predicted molar refractivity (Wildman–Crippen MR) is 139 cm³/mol. The first-order valence-electron chi connectivity index (χ1n) is 11.3. The summed E-state index contributed by atoms with van der Waals surface area (Å²) in [6, 6.07) is 42.1. The van der Waals surface area contributed by atoms with Crippen LogP contribution >= 0.6 is 0 Å². The second kappa shape index (κ2) is 9.38. The van der Waals surface area contributed by atoms with E-state index in [1.165, 1.54) is 38.2 Å². The number of hydrogen-bond donors (Lipinski definition) is 0. The van der Waals surface area contributed by atoms with Gasteiger partial charge in [-0.1, -0.05) is 142 Å². The van der Waals surface area contributed by atoms with Crippen LogP contribution < -0.4 is 10.4 Å². The minimum Gasteiger partial charge on any atom is -0.0800 e. The minimum atomic E-state index is -1.09. The smallest absolute Gasteiger partial charge is 0.0800 e. The fourth-order valence-corrected chi connectivity index (χ4v) is 7.53. The Labute approximate surface area is 193 Å². The number of benzene rings is 4. The highest BCUT2D eigenvalue weighted by molar-refractivity contribution is 6.91. The first-order chi connectivity index (χ1) is 15.8. The predicted octanol–water partition coefficient (Wildman–Crippen LogP) is 6.17. The zero-order chi connectivity index (χ0) is 21.8. The molecule has 0 aromatic heterocycles. The molecule has 0 fully saturated rings. The molecule has 0 saturated carbocycles. The molecule has 0 N–H and O–H groups in total. The van der Waals surface area contributed by atoms with Gasteiger partial charge in [0.25, 0.3) is 0 Å². The van der Waals surface area contributed by atoms with Gasteiger partial charge >= 0.3 is 0 Å². The Hall–Kier alpha value is -3.42. The zero-order valence-corrected chi connectivity index (χ0v) is 19.5. The van der Waals surface area contributed by atoms with Crippen molar-refractivity contribution in [2.75, 3.05) is 0 Å². The molecular formula is C31H27Si. The van der Waals surface area contributed by atoms with Gasteiger partial charge in [0.1, 0.15) is 0 Å². The lowest BCUT2D eigenvalue weighted by molar-refractivity contribution is 1.19. The molecule has 155 valence electrons. The summed E-state index contributed by atoms with van der Waals surface area (Å²) in [7, 11) is -1.09. The van der Waals surface area contributed by atoms with Gasteiger partial charge in [0.2, 0.25) is 0 Å². The van der Waals surface area contributed by atoms with Crippen LogP contribution in [-0.2, 0) is 6.42 Å². The second-order valence-electron chi connectivity index (χ2n) is 8.42. The van der Waals surface area contributed by atoms with E-state index >= 15 is 0 Å². The van der Waals surface area contributed by atoms with Gasteiger partial charge in [0.05, 0.1) is 0 Å². The summed E-state index contributed by atoms with van der Waals surface area (Å²) < 4.78 is 0. The first kappa shape index (κ1) is 20.5. The normalized spacial score (nSPS) is 13.5. The van der Waals surface area contributed by atoms with Gasteiger partial charge < -0.3 is 0 Å². The molecule has 0 unspecified atom stereocenters. The molecule has 32 heavy (non-hydrogen) atoms. The molecule has 0 spiro atoms. The molecule has 0 saturated heterocycles. The van der Waals surface area contributed by atoms with Crippen molar-refractivity contribution in [1.82, 2.24) is 0 Å². The summed E-state index contributed by atoms with van der Waals surface area (Å²) in [5, 5.41) is 4.45. The first-order valence-corrected chi connectivity index (χ1v) is 12.8. The fraction of sp³-hybridized carbons (Fsp3) is 0.0968. The quantitative estimate of drug-likeness (QED) is 0.323. The van der Waals surface area contributed by atoms with Crippen molar-refractivity contribution in [1.29, 1.82) is 0 Å². The van der Waals surface area contributed by atoms with E-state index in [4.69, 9.17) is 0 Å². The van der Waals surface area contributed by atoms with Crippen LogP contribution in [0.15, 0.2) is 132 Å². The molecule has 4 aromatic carbocycles. The van der Waals surface area contributed by atoms with Crippen LogP contribution in [0.25, 0.3) is 5.57 Å². The molecular weight excluding hydrogens is 400 g/mol. The van der Waals surface area contributed by atoms with Crippen molar-refractivity contribution in [3.05, 3.63) is 149 Å². The fourth-order valence-electron chi connectivity index (χ4n) is 4.68. The molecule has 1 heteroatoms. The second-order valence-corrected chi connectivity index (χ2v) is 10.9. The Morgan fingerprint density at radius 1 is 0.656 bits per heavy atom. The van der Waals surface area contributed by atoms with Crippen molar-refractivity contribution in [3.8, 4) is 0 Å². The molecule has 0 nitrogen and oxygen atoms in total. The average Bonchev–Trinajstić information content (AvgIpc) is 3.24. The van der Waals surface area contributed by atoms with Gasteiger partial charge in [0, 0.05) is 0 Å². The summed E-state index contributed by atoms with van der Waals surface area (Å²) in [6.07, 6.45) is 4.50. The topological polar surface area (TPSA) is 0 Å². The monoisotopic (exact) mass is 427 g/mol. The third-order valence-corrected chi connectivity index (χ3v) is 9.05. The van der Waals surface area contributed by atoms with Gasteiger partial charge in [-0.15, -0.1) is 0 Å². The molecule has 0 amide bonds. The molecule has 5 rings (SSSR count). The maximum atomic E-state index is 2.52. The van der Waals surface area contributed by atoms with Crippen molar-refractivity contribution >= 4 is 24.7 Å². The van der Waals surface area contributed by atoms with E-state index in [2.05, 4.69) is 128 Å². The van der Waals surface area contributed by atoms with Crippen LogP contribution in [0.3, 0.4) is 0 Å². The summed E-state index contributed by atoms with van der Waals surface area (Å²) in [6.45, 7) is 2.19. The maximum Gasteiger partial charge on any atom is 0.154 e. The Bertz CT molecular complexity index is 1210. The largest absolute Gasteiger partial charge is 0.154 e. The Morgan fingerprint density at radius 2 is 1.25 bits per heavy atom. The van der Waals surface area contributed by atoms with E-state index in [1.54, 1.807) is 5.20 Å². The summed E-state index contributed by atoms with van der Waals surface area (Å²) in [5.74, 6) is 0. The van der Waals surface area contributed by atoms with Gasteiger partial charge in [-0.3, -0.25) is 0 Å². The highest BCUT2D eigenvalue weighted by Crippen LogP contribution is 2.37. The number of hydrogen-bond acceptors (Lipinski definition) is 0. The Balaban J connectivity index is 1.66. The van der Waals surface area contributed by atoms with Crippen molar-refractivity contribution in [2.45, 2.75) is 19.8 Å². The van der Waals surface area contributed by atoms with Crippen LogP contribution in [0.5, 0.6) is 0 Å². The van der Waals surface area contributed by atoms with Crippen LogP contribution in [0.2, 0.25) is 0 Å². The lowest BCUT2D eigenvalue weighted by Gasteiger charge is -2.22. The molecule has 0 heterocycles. The Morgan fingerprint density at radius 3 is 1.84 bits per heavy atom. The third-order valence-electron chi connectivity index (χ3n) is 6.18. The summed E-state index contributed by atoms with van der Waals surface area (Å²) in [4.78, 5) is 0. The van der Waals surface area contributed by atoms with E-state index in [0.717, 1.165) is 12.8 Å². The molecule has 0 bridgehead atoms. The molecule has 1 aliphatic rings. The lowest BCUT2D eigenvalue weighted by atomic mass is 9.96. The van der Waals surface area contributed by atoms with Crippen LogP contribution in [-0.4, -0.2) is 8.80 Å². The number of allylic oxidation sites excluding steroid dienone is 4. The standard InChI is InChI=1S/C31H27Si/c1-24-12-11-15-26(22-24)29-20-21-31(30(29)23-25-13-5-2-6-14-25)32(27-16-7-3-8-17-27)28-18-9-4-10-19-28/h2-19,21-22H,20,23H2,1H3. The number of rotatable bonds is 6. The van der Waals surface area contributed by atoms with Crippen molar-refractivity contribution in [2.24, 2.45) is 0 Å². The van der Waals surface area contributed by atoms with Gasteiger partial charge in [0.15, 0.2) is 8.80 Å². The highest BCUT2D eigenvalue weighted by Gasteiger charge is 2.29. The molecule has 0 aliphatic heterocycles.